The summed E-state index contributed by atoms with van der Waals surface area (Å²) >= 11 is 0. The molecular formula is C16H23N3O3. The maximum Gasteiger partial charge on any atom is 0.319 e. The molecule has 6 nitrogen and oxygen atoms in total. The standard InChI is InChI=1S/C16H23N3O3/c1-11(2)9-19-6-5-12-7-13(3-4-15(12)19)18-16(22)17-8-14(21)10-20/h3-7,11,14,20-21H,8-10H2,1-2H3,(H2,17,18,22). The summed E-state index contributed by atoms with van der Waals surface area (Å²) in [5.41, 5.74) is 1.82. The van der Waals surface area contributed by atoms with Crippen LogP contribution in [0.5, 0.6) is 0 Å². The van der Waals surface area contributed by atoms with Crippen LogP contribution in [0.1, 0.15) is 13.8 Å². The molecule has 6 heteroatoms. The first kappa shape index (κ1) is 16.3. The summed E-state index contributed by atoms with van der Waals surface area (Å²) in [6.07, 6.45) is 1.10. The minimum absolute atomic E-state index is 0.00927. The van der Waals surface area contributed by atoms with Crippen LogP contribution in [0.4, 0.5) is 10.5 Å². The SMILES string of the molecule is CC(C)Cn1ccc2cc(NC(=O)NCC(O)CO)ccc21. The third kappa shape index (κ3) is 4.22. The Kier molecular flexibility index (Phi) is 5.41. The van der Waals surface area contributed by atoms with Crippen molar-refractivity contribution in [3.8, 4) is 0 Å². The van der Waals surface area contributed by atoms with Crippen molar-refractivity contribution in [2.24, 2.45) is 5.92 Å². The highest BCUT2D eigenvalue weighted by atomic mass is 16.3. The summed E-state index contributed by atoms with van der Waals surface area (Å²) in [5, 5.41) is 24.2. The molecule has 0 bridgehead atoms. The number of nitrogens with one attached hydrogen (secondary N) is 2. The molecular weight excluding hydrogens is 282 g/mol. The van der Waals surface area contributed by atoms with Crippen LogP contribution >= 0.6 is 0 Å². The highest BCUT2D eigenvalue weighted by molar-refractivity contribution is 5.92. The number of hydrogen-bond donors (Lipinski definition) is 4. The van der Waals surface area contributed by atoms with Crippen LogP contribution in [0.2, 0.25) is 0 Å². The second-order valence-corrected chi connectivity index (χ2v) is 5.81. The van der Waals surface area contributed by atoms with Crippen molar-refractivity contribution < 1.29 is 15.0 Å². The van der Waals surface area contributed by atoms with E-state index in [1.54, 1.807) is 0 Å². The van der Waals surface area contributed by atoms with Gasteiger partial charge in [0.05, 0.1) is 12.7 Å². The molecule has 0 spiro atoms. The number of amides is 2. The molecule has 1 aromatic carbocycles. The number of hydrogen-bond acceptors (Lipinski definition) is 3. The van der Waals surface area contributed by atoms with E-state index in [-0.39, 0.29) is 13.2 Å². The number of aliphatic hydroxyl groups is 2. The van der Waals surface area contributed by atoms with E-state index >= 15 is 0 Å². The number of anilines is 1. The number of carbonyl (C=O) groups is 1. The Morgan fingerprint density at radius 2 is 2.09 bits per heavy atom. The van der Waals surface area contributed by atoms with Crippen LogP contribution in [0, 0.1) is 5.92 Å². The molecule has 2 aromatic rings. The Morgan fingerprint density at radius 3 is 2.77 bits per heavy atom. The van der Waals surface area contributed by atoms with Crippen LogP contribution in [0.3, 0.4) is 0 Å². The van der Waals surface area contributed by atoms with E-state index in [1.165, 1.54) is 0 Å². The lowest BCUT2D eigenvalue weighted by Gasteiger charge is -2.11. The van der Waals surface area contributed by atoms with Crippen molar-refractivity contribution in [2.75, 3.05) is 18.5 Å². The molecule has 2 rings (SSSR count). The van der Waals surface area contributed by atoms with E-state index in [1.807, 2.05) is 30.5 Å². The Labute approximate surface area is 129 Å². The topological polar surface area (TPSA) is 86.5 Å². The first-order valence-corrected chi connectivity index (χ1v) is 7.42. The van der Waals surface area contributed by atoms with Gasteiger partial charge in [0, 0.05) is 35.9 Å². The number of nitrogens with zero attached hydrogens (tertiary/aromatic N) is 1. The minimum Gasteiger partial charge on any atom is -0.394 e. The molecule has 0 fully saturated rings. The maximum absolute atomic E-state index is 11.7. The molecule has 0 aliphatic heterocycles. The van der Waals surface area contributed by atoms with Crippen LogP contribution in [0.25, 0.3) is 10.9 Å². The van der Waals surface area contributed by atoms with E-state index in [4.69, 9.17) is 5.11 Å². The van der Waals surface area contributed by atoms with Gasteiger partial charge < -0.3 is 25.4 Å². The molecule has 2 amide bonds. The number of aromatic nitrogens is 1. The number of carbonyl (C=O) groups excluding carboxylic acids is 1. The van der Waals surface area contributed by atoms with Crippen molar-refractivity contribution in [1.82, 2.24) is 9.88 Å². The molecule has 0 aliphatic rings. The van der Waals surface area contributed by atoms with Gasteiger partial charge in [0.1, 0.15) is 0 Å². The van der Waals surface area contributed by atoms with Gasteiger partial charge >= 0.3 is 6.03 Å². The van der Waals surface area contributed by atoms with Gasteiger partial charge in [0.25, 0.3) is 0 Å². The Morgan fingerprint density at radius 1 is 1.32 bits per heavy atom. The minimum atomic E-state index is -0.946. The average molecular weight is 305 g/mol. The predicted octanol–water partition coefficient (Wildman–Crippen LogP) is 1.77. The summed E-state index contributed by atoms with van der Waals surface area (Å²) in [5.74, 6) is 0.567. The quantitative estimate of drug-likeness (QED) is 0.656. The van der Waals surface area contributed by atoms with Crippen LogP contribution in [-0.2, 0) is 6.54 Å². The van der Waals surface area contributed by atoms with Crippen LogP contribution in [0.15, 0.2) is 30.5 Å². The lowest BCUT2D eigenvalue weighted by molar-refractivity contribution is 0.0965. The van der Waals surface area contributed by atoms with E-state index in [0.29, 0.717) is 11.6 Å². The van der Waals surface area contributed by atoms with Gasteiger partial charge in [-0.05, 0) is 30.2 Å². The van der Waals surface area contributed by atoms with E-state index in [2.05, 4.69) is 29.0 Å². The highest BCUT2D eigenvalue weighted by Crippen LogP contribution is 2.21. The molecule has 1 unspecified atom stereocenters. The van der Waals surface area contributed by atoms with Gasteiger partial charge in [-0.15, -0.1) is 0 Å². The highest BCUT2D eigenvalue weighted by Gasteiger charge is 2.08. The van der Waals surface area contributed by atoms with Gasteiger partial charge in [-0.2, -0.15) is 0 Å². The zero-order chi connectivity index (χ0) is 16.1. The second-order valence-electron chi connectivity index (χ2n) is 5.81. The van der Waals surface area contributed by atoms with Crippen LogP contribution in [-0.4, -0.2) is 40.1 Å². The molecule has 0 aliphatic carbocycles. The average Bonchev–Trinajstić information content (AvgIpc) is 2.86. The smallest absolute Gasteiger partial charge is 0.319 e. The maximum atomic E-state index is 11.7. The Balaban J connectivity index is 2.02. The second kappa shape index (κ2) is 7.29. The molecule has 120 valence electrons. The van der Waals surface area contributed by atoms with Crippen molar-refractivity contribution in [2.45, 2.75) is 26.5 Å². The summed E-state index contributed by atoms with van der Waals surface area (Å²) < 4.78 is 2.20. The lowest BCUT2D eigenvalue weighted by atomic mass is 10.2. The molecule has 1 heterocycles. The lowest BCUT2D eigenvalue weighted by Crippen LogP contribution is -2.36. The van der Waals surface area contributed by atoms with E-state index in [0.717, 1.165) is 17.4 Å². The fourth-order valence-electron chi connectivity index (χ4n) is 2.28. The van der Waals surface area contributed by atoms with Gasteiger partial charge in [0.15, 0.2) is 0 Å². The zero-order valence-electron chi connectivity index (χ0n) is 12.9. The van der Waals surface area contributed by atoms with Crippen LogP contribution < -0.4 is 10.6 Å². The van der Waals surface area contributed by atoms with E-state index in [9.17, 15) is 9.90 Å². The largest absolute Gasteiger partial charge is 0.394 e. The first-order chi connectivity index (χ1) is 10.5. The van der Waals surface area contributed by atoms with Crippen molar-refractivity contribution >= 4 is 22.6 Å². The fraction of sp³-hybridized carbons (Fsp3) is 0.438. The zero-order valence-corrected chi connectivity index (χ0v) is 12.9. The van der Waals surface area contributed by atoms with Gasteiger partial charge in [-0.25, -0.2) is 4.79 Å². The van der Waals surface area contributed by atoms with E-state index < -0.39 is 12.1 Å². The number of benzene rings is 1. The third-order valence-corrected chi connectivity index (χ3v) is 3.30. The molecule has 1 atom stereocenters. The van der Waals surface area contributed by atoms with Crippen molar-refractivity contribution in [1.29, 1.82) is 0 Å². The molecule has 22 heavy (non-hydrogen) atoms. The Bertz CT molecular complexity index is 637. The van der Waals surface area contributed by atoms with Gasteiger partial charge in [-0.3, -0.25) is 0 Å². The molecule has 0 radical (unpaired) electrons. The monoisotopic (exact) mass is 305 g/mol. The number of rotatable bonds is 6. The normalized spacial score (nSPS) is 12.6. The van der Waals surface area contributed by atoms with Gasteiger partial charge in [-0.1, -0.05) is 13.8 Å². The fourth-order valence-corrected chi connectivity index (χ4v) is 2.28. The van der Waals surface area contributed by atoms with Crippen molar-refractivity contribution in [3.05, 3.63) is 30.5 Å². The molecule has 1 aromatic heterocycles. The predicted molar refractivity (Wildman–Crippen MR) is 86.9 cm³/mol. The number of aliphatic hydroxyl groups excluding tert-OH is 2. The molecule has 0 saturated carbocycles. The summed E-state index contributed by atoms with van der Waals surface area (Å²) in [4.78, 5) is 11.7. The number of urea groups is 1. The summed E-state index contributed by atoms with van der Waals surface area (Å²) in [7, 11) is 0. The Hall–Kier alpha value is -2.05. The number of fused-ring (bicyclic) bond motifs is 1. The van der Waals surface area contributed by atoms with Crippen molar-refractivity contribution in [3.63, 3.8) is 0 Å². The molecule has 4 N–H and O–H groups in total. The first-order valence-electron chi connectivity index (χ1n) is 7.42. The summed E-state index contributed by atoms with van der Waals surface area (Å²) in [6, 6.07) is 7.36. The third-order valence-electron chi connectivity index (χ3n) is 3.30. The molecule has 0 saturated heterocycles. The summed E-state index contributed by atoms with van der Waals surface area (Å²) in [6.45, 7) is 4.93. The van der Waals surface area contributed by atoms with Gasteiger partial charge in [0.2, 0.25) is 0 Å².